The smallest absolute Gasteiger partial charge is 0.365 e. The maximum atomic E-state index is 13.5. The fraction of sp³-hybridized carbons (Fsp3) is 0.649. The summed E-state index contributed by atoms with van der Waals surface area (Å²) in [7, 11) is 0.711. The van der Waals surface area contributed by atoms with Crippen molar-refractivity contribution in [1.29, 1.82) is 0 Å². The maximum absolute atomic E-state index is 13.5. The van der Waals surface area contributed by atoms with Crippen molar-refractivity contribution in [3.8, 4) is 0 Å². The summed E-state index contributed by atoms with van der Waals surface area (Å²) < 4.78 is 38.3. The summed E-state index contributed by atoms with van der Waals surface area (Å²) in [6.45, 7) is 19.8. The molecule has 1 unspecified atom stereocenters. The van der Waals surface area contributed by atoms with Crippen LogP contribution in [0.4, 0.5) is 8.78 Å². The Balaban J connectivity index is 0.000000750. The first kappa shape index (κ1) is 51.8. The lowest BCUT2D eigenvalue weighted by atomic mass is 9.99. The minimum absolute atomic E-state index is 0.0718. The predicted molar refractivity (Wildman–Crippen MR) is 214 cm³/mol. The average molecular weight is 821 g/mol. The van der Waals surface area contributed by atoms with Gasteiger partial charge in [-0.05, 0) is 70.5 Å². The van der Waals surface area contributed by atoms with Gasteiger partial charge in [0.1, 0.15) is 13.1 Å². The van der Waals surface area contributed by atoms with Gasteiger partial charge in [-0.3, -0.25) is 18.9 Å². The molecule has 314 valence electrons. The summed E-state index contributed by atoms with van der Waals surface area (Å²) >= 11 is 1.02. The number of likely N-dealkylation sites (N-methyl/N-ethyl adjacent to an activating group) is 1. The van der Waals surface area contributed by atoms with E-state index in [1.165, 1.54) is 31.5 Å². The van der Waals surface area contributed by atoms with Crippen molar-refractivity contribution in [3.63, 3.8) is 0 Å². The van der Waals surface area contributed by atoms with Crippen molar-refractivity contribution in [2.24, 2.45) is 11.7 Å². The number of alkyl halides is 2. The summed E-state index contributed by atoms with van der Waals surface area (Å²) in [6.07, 6.45) is 4.83. The maximum Gasteiger partial charge on any atom is 0.399 e. The van der Waals surface area contributed by atoms with E-state index in [4.69, 9.17) is 20.3 Å². The summed E-state index contributed by atoms with van der Waals surface area (Å²) in [4.78, 5) is 80.6. The number of halogens is 2. The summed E-state index contributed by atoms with van der Waals surface area (Å²) in [6, 6.07) is 5.05. The van der Waals surface area contributed by atoms with Crippen LogP contribution in [-0.4, -0.2) is 151 Å². The first-order chi connectivity index (χ1) is 25.9. The van der Waals surface area contributed by atoms with E-state index in [-0.39, 0.29) is 22.1 Å². The van der Waals surface area contributed by atoms with Crippen LogP contribution in [-0.2, 0) is 29.4 Å². The van der Waals surface area contributed by atoms with Crippen LogP contribution < -0.4 is 5.73 Å². The minimum atomic E-state index is -5.60. The number of primary amides is 1. The molecular weight excluding hydrogens is 757 g/mol. The third-order valence-electron chi connectivity index (χ3n) is 9.07. The van der Waals surface area contributed by atoms with E-state index in [0.29, 0.717) is 29.6 Å². The van der Waals surface area contributed by atoms with Gasteiger partial charge < -0.3 is 49.6 Å². The monoisotopic (exact) mass is 820 g/mol. The number of aldehydes is 1. The lowest BCUT2D eigenvalue weighted by Gasteiger charge is -2.40. The van der Waals surface area contributed by atoms with Crippen LogP contribution in [0.15, 0.2) is 24.3 Å². The van der Waals surface area contributed by atoms with E-state index in [1.807, 2.05) is 39.4 Å². The van der Waals surface area contributed by atoms with Gasteiger partial charge in [-0.1, -0.05) is 33.8 Å². The zero-order valence-electron chi connectivity index (χ0n) is 33.7. The number of likely N-dealkylation sites (tertiary alicyclic amines) is 2. The van der Waals surface area contributed by atoms with E-state index >= 15 is 0 Å². The second-order valence-corrected chi connectivity index (χ2v) is 15.6. The number of nitrogens with zero attached hydrogens (tertiary/aromatic N) is 5. The Bertz CT molecular complexity index is 1520. The molecule has 0 radical (unpaired) electrons. The molecule has 14 nitrogen and oxygen atoms in total. The number of fused-ring (bicyclic) bond motifs is 1. The van der Waals surface area contributed by atoms with E-state index < -0.39 is 24.7 Å². The number of amides is 3. The Hall–Kier alpha value is -3.18. The average Bonchev–Trinajstić information content (AvgIpc) is 3.78. The number of hydrogen-bond donors (Lipinski definition) is 3. The third kappa shape index (κ3) is 16.4. The fourth-order valence-electron chi connectivity index (χ4n) is 5.94. The summed E-state index contributed by atoms with van der Waals surface area (Å²) in [5, 5.41) is 0.282. The fourth-order valence-corrected chi connectivity index (χ4v) is 7.31. The zero-order chi connectivity index (χ0) is 42.5. The van der Waals surface area contributed by atoms with Gasteiger partial charge in [0.05, 0.1) is 10.8 Å². The molecule has 0 saturated carbocycles. The Morgan fingerprint density at radius 2 is 1.56 bits per heavy atom. The molecule has 0 bridgehead atoms. The number of thiophene rings is 1. The molecule has 2 aromatic rings. The van der Waals surface area contributed by atoms with Crippen LogP contribution in [0.3, 0.4) is 0 Å². The Labute approximate surface area is 329 Å². The van der Waals surface area contributed by atoms with Crippen LogP contribution in [0.5, 0.6) is 0 Å². The Kier molecular flexibility index (Phi) is 24.4. The van der Waals surface area contributed by atoms with Crippen LogP contribution >= 0.6 is 18.9 Å². The van der Waals surface area contributed by atoms with E-state index in [9.17, 15) is 32.5 Å². The molecule has 1 atom stereocenters. The highest BCUT2D eigenvalue weighted by atomic mass is 32.1. The molecule has 3 saturated heterocycles. The van der Waals surface area contributed by atoms with Gasteiger partial charge in [-0.25, -0.2) is 0 Å². The molecule has 4 N–H and O–H groups in total. The molecule has 0 spiro atoms. The highest BCUT2D eigenvalue weighted by Gasteiger charge is 2.50. The first-order valence-corrected chi connectivity index (χ1v) is 21.0. The molecule has 55 heavy (non-hydrogen) atoms. The van der Waals surface area contributed by atoms with E-state index in [0.717, 1.165) is 82.0 Å². The number of piperazine rings is 1. The molecule has 0 aliphatic carbocycles. The topological polar surface area (TPSA) is 185 Å². The van der Waals surface area contributed by atoms with Crippen LogP contribution in [0, 0.1) is 5.92 Å². The molecule has 18 heteroatoms. The quantitative estimate of drug-likeness (QED) is 0.229. The van der Waals surface area contributed by atoms with Gasteiger partial charge in [0.15, 0.2) is 0 Å². The standard InChI is InChI=1S/C12H22N2O2.C10H8F2NO4PS.C10H19N3O.2C2H6.CH2O/c1-11(16)14(8-4-10-15)9-6-12-5-3-7-13(12)2;11-10(12,18(15,16)17)6-1-2-7-5(3-6)4-8(19-7)9(13)14;1-11-3-5-13(6-4-11)10(14)9-7-12(2)8-9;3*1-2/h10,12H,3-9H2,1-2H3;1-4H,(H2,13,14)(H2,15,16,17);9H,3-8H2,1-2H3;2*1-2H3;1H2. The second-order valence-electron chi connectivity index (χ2n) is 12.9. The molecule has 4 heterocycles. The van der Waals surface area contributed by atoms with Crippen molar-refractivity contribution < 1.29 is 47.1 Å². The molecule has 3 aliphatic rings. The zero-order valence-corrected chi connectivity index (χ0v) is 35.4. The Morgan fingerprint density at radius 3 is 2.02 bits per heavy atom. The van der Waals surface area contributed by atoms with Crippen molar-refractivity contribution in [3.05, 3.63) is 34.7 Å². The highest BCUT2D eigenvalue weighted by molar-refractivity contribution is 7.52. The lowest BCUT2D eigenvalue weighted by molar-refractivity contribution is -0.142. The molecule has 5 rings (SSSR count). The van der Waals surface area contributed by atoms with Gasteiger partial charge >= 0.3 is 13.3 Å². The van der Waals surface area contributed by atoms with Gasteiger partial charge in [0, 0.05) is 82.0 Å². The summed E-state index contributed by atoms with van der Waals surface area (Å²) in [5.41, 5.74) is -0.00188. The minimum Gasteiger partial charge on any atom is -0.365 e. The van der Waals surface area contributed by atoms with E-state index in [1.54, 1.807) is 11.8 Å². The molecule has 1 aromatic heterocycles. The van der Waals surface area contributed by atoms with Crippen molar-refractivity contribution >= 4 is 59.8 Å². The number of carbonyl (C=O) groups is 5. The lowest BCUT2D eigenvalue weighted by Crippen LogP contribution is -2.56. The number of benzene rings is 1. The van der Waals surface area contributed by atoms with Crippen molar-refractivity contribution in [2.45, 2.75) is 72.0 Å². The third-order valence-corrected chi connectivity index (χ3v) is 11.2. The Morgan fingerprint density at radius 1 is 0.982 bits per heavy atom. The van der Waals surface area contributed by atoms with Gasteiger partial charge in [-0.15, -0.1) is 11.3 Å². The van der Waals surface area contributed by atoms with Gasteiger partial charge in [0.2, 0.25) is 11.8 Å². The second kappa shape index (κ2) is 25.9. The molecule has 3 amide bonds. The molecular formula is C37H63F2N6O8PS. The van der Waals surface area contributed by atoms with Crippen LogP contribution in [0.2, 0.25) is 0 Å². The first-order valence-electron chi connectivity index (χ1n) is 18.6. The molecule has 3 fully saturated rings. The largest absolute Gasteiger partial charge is 0.399 e. The molecule has 1 aromatic carbocycles. The normalized spacial score (nSPS) is 17.5. The van der Waals surface area contributed by atoms with Crippen LogP contribution in [0.25, 0.3) is 10.1 Å². The number of rotatable bonds is 10. The number of nitrogens with two attached hydrogens (primary N) is 1. The number of carbonyl (C=O) groups excluding carboxylic acids is 5. The van der Waals surface area contributed by atoms with Gasteiger partial charge in [-0.2, -0.15) is 8.78 Å². The summed E-state index contributed by atoms with van der Waals surface area (Å²) in [5.74, 6) is 0.0339. The SMILES string of the molecule is C=O.CC.CC.CC(=O)N(CCC=O)CCC1CCCN1C.CN1CCN(C(=O)C2CN(C)C2)CC1.NC(=O)c1cc2cc(C(F)(F)P(=O)(O)O)ccc2s1. The van der Waals surface area contributed by atoms with Crippen molar-refractivity contribution in [2.75, 3.05) is 80.0 Å². The van der Waals surface area contributed by atoms with Gasteiger partial charge in [0.25, 0.3) is 5.91 Å². The number of hydrogen-bond acceptors (Lipinski definition) is 10. The van der Waals surface area contributed by atoms with Crippen molar-refractivity contribution in [1.82, 2.24) is 24.5 Å². The van der Waals surface area contributed by atoms with E-state index in [2.05, 4.69) is 35.8 Å². The van der Waals surface area contributed by atoms with Crippen LogP contribution in [0.1, 0.15) is 75.5 Å². The highest BCUT2D eigenvalue weighted by Crippen LogP contribution is 2.59. The predicted octanol–water partition coefficient (Wildman–Crippen LogP) is 4.32. The molecule has 3 aliphatic heterocycles.